The lowest BCUT2D eigenvalue weighted by molar-refractivity contribution is -0.138. The number of ketones is 1. The highest BCUT2D eigenvalue weighted by molar-refractivity contribution is 6.30. The van der Waals surface area contributed by atoms with Crippen molar-refractivity contribution >= 4 is 29.0 Å². The van der Waals surface area contributed by atoms with E-state index in [0.717, 1.165) is 34.5 Å². The van der Waals surface area contributed by atoms with E-state index in [1.807, 2.05) is 6.07 Å². The van der Waals surface area contributed by atoms with Crippen molar-refractivity contribution in [2.24, 2.45) is 0 Å². The van der Waals surface area contributed by atoms with Crippen molar-refractivity contribution in [3.8, 4) is 22.3 Å². The summed E-state index contributed by atoms with van der Waals surface area (Å²) in [5.74, 6) is -1.16. The molecule has 0 aliphatic heterocycles. The molecule has 0 atom stereocenters. The molecule has 1 aromatic heterocycles. The minimum Gasteiger partial charge on any atom is -0.481 e. The zero-order valence-corrected chi connectivity index (χ0v) is 21.4. The number of carboxylic acid groups (broad SMARTS) is 1. The maximum absolute atomic E-state index is 13.1. The fraction of sp³-hybridized carbons (Fsp3) is 0.167. The highest BCUT2D eigenvalue weighted by Gasteiger charge is 2.30. The molecule has 4 aromatic rings. The van der Waals surface area contributed by atoms with Gasteiger partial charge in [-0.3, -0.25) is 14.6 Å². The van der Waals surface area contributed by atoms with Gasteiger partial charge in [0, 0.05) is 41.9 Å². The Labute approximate surface area is 228 Å². The minimum absolute atomic E-state index is 0.0727. The first-order valence-electron chi connectivity index (χ1n) is 12.1. The van der Waals surface area contributed by atoms with E-state index >= 15 is 0 Å². The van der Waals surface area contributed by atoms with Crippen molar-refractivity contribution in [2.45, 2.75) is 32.0 Å². The van der Waals surface area contributed by atoms with E-state index in [0.29, 0.717) is 22.7 Å². The van der Waals surface area contributed by atoms with Crippen LogP contribution in [0.3, 0.4) is 0 Å². The topological polar surface area (TPSA) is 79.3 Å². The summed E-state index contributed by atoms with van der Waals surface area (Å²) in [6.07, 6.45) is -2.53. The lowest BCUT2D eigenvalue weighted by Gasteiger charge is -2.13. The number of aliphatic carboxylic acids is 1. The molecular formula is C30H24ClF3N2O3. The minimum atomic E-state index is -4.40. The average molecular weight is 553 g/mol. The van der Waals surface area contributed by atoms with Crippen LogP contribution in [0.4, 0.5) is 18.9 Å². The molecule has 39 heavy (non-hydrogen) atoms. The Bertz CT molecular complexity index is 1470. The Kier molecular flexibility index (Phi) is 8.66. The van der Waals surface area contributed by atoms with Crippen LogP contribution in [0.5, 0.6) is 0 Å². The fourth-order valence-electron chi connectivity index (χ4n) is 4.07. The molecule has 200 valence electrons. The molecule has 0 aliphatic carbocycles. The molecule has 3 aromatic carbocycles. The summed E-state index contributed by atoms with van der Waals surface area (Å²) >= 11 is 6.25. The van der Waals surface area contributed by atoms with Gasteiger partial charge < -0.3 is 10.4 Å². The second kappa shape index (κ2) is 12.1. The van der Waals surface area contributed by atoms with Crippen LogP contribution in [-0.2, 0) is 17.5 Å². The molecule has 0 aliphatic rings. The Balaban J connectivity index is 1.46. The van der Waals surface area contributed by atoms with E-state index in [-0.39, 0.29) is 30.7 Å². The first kappa shape index (κ1) is 27.9. The summed E-state index contributed by atoms with van der Waals surface area (Å²) in [5, 5.41) is 12.6. The third kappa shape index (κ3) is 7.45. The number of anilines is 1. The summed E-state index contributed by atoms with van der Waals surface area (Å²) in [5.41, 5.74) is 4.02. The van der Waals surface area contributed by atoms with E-state index in [1.54, 1.807) is 60.8 Å². The van der Waals surface area contributed by atoms with Gasteiger partial charge in [-0.15, -0.1) is 0 Å². The number of benzene rings is 3. The van der Waals surface area contributed by atoms with Crippen molar-refractivity contribution < 1.29 is 27.9 Å². The van der Waals surface area contributed by atoms with Gasteiger partial charge in [0.2, 0.25) is 0 Å². The summed E-state index contributed by atoms with van der Waals surface area (Å²) in [6.45, 7) is 0.436. The number of nitrogens with one attached hydrogen (secondary N) is 1. The predicted molar refractivity (Wildman–Crippen MR) is 145 cm³/mol. The number of alkyl halides is 3. The zero-order valence-electron chi connectivity index (χ0n) is 20.6. The number of carbonyl (C=O) groups excluding carboxylic acids is 1. The van der Waals surface area contributed by atoms with Gasteiger partial charge in [-0.2, -0.15) is 13.2 Å². The molecule has 0 bridgehead atoms. The number of carboxylic acids is 1. The van der Waals surface area contributed by atoms with E-state index in [9.17, 15) is 22.8 Å². The number of Topliss-reactive ketones (excluding diaryl/α,β-unsaturated/α-hetero) is 1. The molecule has 5 nitrogen and oxygen atoms in total. The maximum atomic E-state index is 13.1. The van der Waals surface area contributed by atoms with Crippen LogP contribution in [0.25, 0.3) is 22.3 Å². The first-order chi connectivity index (χ1) is 18.6. The SMILES string of the molecule is O=C(O)CCCC(=O)c1ccc(-c2cc(Cl)ccc2CNc2ccc(-c3cccc(C(F)(F)F)c3)cc2)cn1. The third-order valence-corrected chi connectivity index (χ3v) is 6.35. The highest BCUT2D eigenvalue weighted by Crippen LogP contribution is 2.33. The van der Waals surface area contributed by atoms with Gasteiger partial charge >= 0.3 is 12.1 Å². The number of nitrogens with zero attached hydrogens (tertiary/aromatic N) is 1. The van der Waals surface area contributed by atoms with Gasteiger partial charge in [0.25, 0.3) is 0 Å². The van der Waals surface area contributed by atoms with Crippen molar-refractivity contribution in [3.05, 3.63) is 107 Å². The summed E-state index contributed by atoms with van der Waals surface area (Å²) < 4.78 is 39.2. The lowest BCUT2D eigenvalue weighted by Crippen LogP contribution is -2.05. The number of hydrogen-bond acceptors (Lipinski definition) is 4. The van der Waals surface area contributed by atoms with Crippen molar-refractivity contribution in [2.75, 3.05) is 5.32 Å². The Morgan fingerprint density at radius 3 is 2.28 bits per heavy atom. The van der Waals surface area contributed by atoms with Crippen LogP contribution in [0.2, 0.25) is 5.02 Å². The second-order valence-electron chi connectivity index (χ2n) is 8.91. The maximum Gasteiger partial charge on any atom is 0.416 e. The quantitative estimate of drug-likeness (QED) is 0.194. The number of rotatable bonds is 10. The molecule has 0 unspecified atom stereocenters. The van der Waals surface area contributed by atoms with E-state index < -0.39 is 17.7 Å². The number of carbonyl (C=O) groups is 2. The van der Waals surface area contributed by atoms with E-state index in [1.165, 1.54) is 6.07 Å². The fourth-order valence-corrected chi connectivity index (χ4v) is 4.24. The van der Waals surface area contributed by atoms with Crippen molar-refractivity contribution in [3.63, 3.8) is 0 Å². The molecule has 1 heterocycles. The summed E-state index contributed by atoms with van der Waals surface area (Å²) in [4.78, 5) is 27.2. The van der Waals surface area contributed by atoms with Gasteiger partial charge in [0.15, 0.2) is 5.78 Å². The number of aromatic nitrogens is 1. The first-order valence-corrected chi connectivity index (χ1v) is 12.5. The molecule has 0 amide bonds. The van der Waals surface area contributed by atoms with Gasteiger partial charge in [-0.25, -0.2) is 0 Å². The second-order valence-corrected chi connectivity index (χ2v) is 9.35. The van der Waals surface area contributed by atoms with Gasteiger partial charge in [0.05, 0.1) is 5.56 Å². The van der Waals surface area contributed by atoms with E-state index in [4.69, 9.17) is 16.7 Å². The zero-order chi connectivity index (χ0) is 28.0. The Morgan fingerprint density at radius 1 is 0.872 bits per heavy atom. The Hall–Kier alpha value is -4.17. The molecule has 4 rings (SSSR count). The monoisotopic (exact) mass is 552 g/mol. The van der Waals surface area contributed by atoms with Crippen molar-refractivity contribution in [1.29, 1.82) is 0 Å². The van der Waals surface area contributed by atoms with Crippen LogP contribution in [0.15, 0.2) is 85.1 Å². The lowest BCUT2D eigenvalue weighted by atomic mass is 10.00. The molecular weight excluding hydrogens is 529 g/mol. The van der Waals surface area contributed by atoms with Crippen LogP contribution in [-0.4, -0.2) is 21.8 Å². The highest BCUT2D eigenvalue weighted by atomic mass is 35.5. The number of pyridine rings is 1. The average Bonchev–Trinajstić information content (AvgIpc) is 2.92. The molecule has 0 saturated heterocycles. The molecule has 0 spiro atoms. The molecule has 9 heteroatoms. The van der Waals surface area contributed by atoms with Crippen LogP contribution < -0.4 is 5.32 Å². The van der Waals surface area contributed by atoms with Crippen molar-refractivity contribution in [1.82, 2.24) is 4.98 Å². The molecule has 0 radical (unpaired) electrons. The summed E-state index contributed by atoms with van der Waals surface area (Å²) in [6, 6.07) is 21.2. The molecule has 0 saturated carbocycles. The summed E-state index contributed by atoms with van der Waals surface area (Å²) in [7, 11) is 0. The van der Waals surface area contributed by atoms with Crippen LogP contribution >= 0.6 is 11.6 Å². The standard InChI is InChI=1S/C30H24ClF3N2O3/c31-24-11-7-21(26(16-24)22-10-14-27(36-18-22)28(37)5-2-6-29(38)39)17-35-25-12-8-19(9-13-25)20-3-1-4-23(15-20)30(32,33)34/h1,3-4,7-16,18,35H,2,5-6,17H2,(H,38,39). The predicted octanol–water partition coefficient (Wildman–Crippen LogP) is 8.14. The number of halogens is 4. The smallest absolute Gasteiger partial charge is 0.416 e. The molecule has 0 fully saturated rings. The van der Waals surface area contributed by atoms with Gasteiger partial charge in [-0.05, 0) is 71.1 Å². The van der Waals surface area contributed by atoms with Gasteiger partial charge in [-0.1, -0.05) is 48.0 Å². The largest absolute Gasteiger partial charge is 0.481 e. The van der Waals surface area contributed by atoms with Crippen LogP contribution in [0, 0.1) is 0 Å². The van der Waals surface area contributed by atoms with Crippen LogP contribution in [0.1, 0.15) is 40.9 Å². The van der Waals surface area contributed by atoms with E-state index in [2.05, 4.69) is 10.3 Å². The number of hydrogen-bond donors (Lipinski definition) is 2. The normalized spacial score (nSPS) is 11.3. The van der Waals surface area contributed by atoms with Gasteiger partial charge in [0.1, 0.15) is 5.69 Å². The third-order valence-electron chi connectivity index (χ3n) is 6.12. The Morgan fingerprint density at radius 2 is 1.62 bits per heavy atom. The molecule has 2 N–H and O–H groups in total.